The molecule has 0 aliphatic rings. The van der Waals surface area contributed by atoms with E-state index in [4.69, 9.17) is 4.42 Å². The summed E-state index contributed by atoms with van der Waals surface area (Å²) in [5, 5.41) is 0. The van der Waals surface area contributed by atoms with Crippen molar-refractivity contribution < 1.29 is 18.4 Å². The van der Waals surface area contributed by atoms with Crippen molar-refractivity contribution in [2.45, 2.75) is 12.8 Å². The fourth-order valence-electron chi connectivity index (χ4n) is 1.57. The second-order valence-corrected chi connectivity index (χ2v) is 3.83. The lowest BCUT2D eigenvalue weighted by Gasteiger charge is -2.00. The summed E-state index contributed by atoms with van der Waals surface area (Å²) in [6.07, 6.45) is 1.59. The molecule has 0 fully saturated rings. The number of Topliss-reactive ketones (excluding diaryl/α,β-unsaturated/α-hetero) is 2. The summed E-state index contributed by atoms with van der Waals surface area (Å²) in [6.45, 7) is 0. The molecule has 18 heavy (non-hydrogen) atoms. The first kappa shape index (κ1) is 12.2. The molecular weight excluding hydrogens is 235 g/mol. The average molecular weight is 246 g/mol. The normalized spacial score (nSPS) is 10.3. The number of carbonyl (C=O) groups excluding carboxylic acids is 2. The van der Waals surface area contributed by atoms with Crippen LogP contribution in [0.5, 0.6) is 0 Å². The van der Waals surface area contributed by atoms with Crippen LogP contribution in [0, 0.1) is 5.82 Å². The average Bonchev–Trinajstić information content (AvgIpc) is 2.90. The van der Waals surface area contributed by atoms with E-state index in [-0.39, 0.29) is 30.2 Å². The number of halogens is 1. The zero-order valence-corrected chi connectivity index (χ0v) is 9.56. The van der Waals surface area contributed by atoms with Crippen LogP contribution >= 0.6 is 0 Å². The lowest BCUT2D eigenvalue weighted by Crippen LogP contribution is -2.04. The first-order valence-corrected chi connectivity index (χ1v) is 5.52. The maximum Gasteiger partial charge on any atom is 0.198 e. The van der Waals surface area contributed by atoms with Crippen LogP contribution in [0.1, 0.15) is 33.8 Å². The lowest BCUT2D eigenvalue weighted by molar-refractivity contribution is 0.0902. The quantitative estimate of drug-likeness (QED) is 0.761. The second-order valence-electron chi connectivity index (χ2n) is 3.83. The van der Waals surface area contributed by atoms with Gasteiger partial charge in [-0.1, -0.05) is 0 Å². The van der Waals surface area contributed by atoms with Gasteiger partial charge in [0.05, 0.1) is 6.26 Å². The van der Waals surface area contributed by atoms with Crippen LogP contribution in [0.15, 0.2) is 47.1 Å². The van der Waals surface area contributed by atoms with Gasteiger partial charge in [-0.05, 0) is 36.4 Å². The predicted molar refractivity (Wildman–Crippen MR) is 63.0 cm³/mol. The Bertz CT molecular complexity index is 541. The van der Waals surface area contributed by atoms with Gasteiger partial charge in [-0.2, -0.15) is 0 Å². The first-order valence-electron chi connectivity index (χ1n) is 5.52. The van der Waals surface area contributed by atoms with E-state index in [2.05, 4.69) is 0 Å². The smallest absolute Gasteiger partial charge is 0.198 e. The van der Waals surface area contributed by atoms with Crippen LogP contribution in [0.2, 0.25) is 0 Å². The Labute approximate surface area is 103 Å². The van der Waals surface area contributed by atoms with E-state index in [1.165, 1.54) is 30.5 Å². The summed E-state index contributed by atoms with van der Waals surface area (Å²) in [5.41, 5.74) is 0.406. The molecule has 3 nitrogen and oxygen atoms in total. The third kappa shape index (κ3) is 2.91. The molecule has 2 aromatic rings. The van der Waals surface area contributed by atoms with Crippen LogP contribution in [0.3, 0.4) is 0 Å². The van der Waals surface area contributed by atoms with Gasteiger partial charge in [-0.3, -0.25) is 9.59 Å². The Hall–Kier alpha value is -2.23. The van der Waals surface area contributed by atoms with Gasteiger partial charge in [-0.25, -0.2) is 4.39 Å². The Morgan fingerprint density at radius 2 is 1.67 bits per heavy atom. The minimum absolute atomic E-state index is 0.0870. The van der Waals surface area contributed by atoms with Gasteiger partial charge in [0.15, 0.2) is 17.3 Å². The Morgan fingerprint density at radius 1 is 1.00 bits per heavy atom. The van der Waals surface area contributed by atoms with Gasteiger partial charge in [0.25, 0.3) is 0 Å². The highest BCUT2D eigenvalue weighted by molar-refractivity contribution is 6.01. The zero-order valence-electron chi connectivity index (χ0n) is 9.56. The molecule has 4 heteroatoms. The zero-order chi connectivity index (χ0) is 13.0. The van der Waals surface area contributed by atoms with E-state index < -0.39 is 5.82 Å². The topological polar surface area (TPSA) is 47.3 Å². The largest absolute Gasteiger partial charge is 0.461 e. The molecule has 0 saturated heterocycles. The molecule has 0 aliphatic heterocycles. The highest BCUT2D eigenvalue weighted by atomic mass is 19.1. The predicted octanol–water partition coefficient (Wildman–Crippen LogP) is 3.26. The summed E-state index contributed by atoms with van der Waals surface area (Å²) >= 11 is 0. The monoisotopic (exact) mass is 246 g/mol. The van der Waals surface area contributed by atoms with Gasteiger partial charge >= 0.3 is 0 Å². The molecule has 0 spiro atoms. The number of furan rings is 1. The first-order chi connectivity index (χ1) is 8.66. The van der Waals surface area contributed by atoms with Gasteiger partial charge in [-0.15, -0.1) is 0 Å². The van der Waals surface area contributed by atoms with E-state index in [0.717, 1.165) is 0 Å². The minimum atomic E-state index is -0.391. The number of carbonyl (C=O) groups is 2. The van der Waals surface area contributed by atoms with Crippen LogP contribution in [-0.4, -0.2) is 11.6 Å². The molecule has 0 radical (unpaired) electrons. The molecule has 0 N–H and O–H groups in total. The van der Waals surface area contributed by atoms with E-state index in [0.29, 0.717) is 5.56 Å². The third-order valence-corrected chi connectivity index (χ3v) is 2.54. The maximum absolute atomic E-state index is 12.7. The Morgan fingerprint density at radius 3 is 2.28 bits per heavy atom. The standard InChI is InChI=1S/C14H11FO3/c15-11-5-3-10(4-6-11)12(16)7-8-13(17)14-2-1-9-18-14/h1-6,9H,7-8H2. The summed E-state index contributed by atoms with van der Waals surface area (Å²) in [4.78, 5) is 23.3. The van der Waals surface area contributed by atoms with Gasteiger partial charge in [0.2, 0.25) is 0 Å². The molecule has 92 valence electrons. The lowest BCUT2D eigenvalue weighted by atomic mass is 10.0. The van der Waals surface area contributed by atoms with Crippen molar-refractivity contribution >= 4 is 11.6 Å². The molecule has 0 atom stereocenters. The fourth-order valence-corrected chi connectivity index (χ4v) is 1.57. The van der Waals surface area contributed by atoms with E-state index in [1.807, 2.05) is 0 Å². The molecule has 1 aromatic carbocycles. The van der Waals surface area contributed by atoms with E-state index in [1.54, 1.807) is 12.1 Å². The SMILES string of the molecule is O=C(CCC(=O)c1ccco1)c1ccc(F)cc1. The number of benzene rings is 1. The minimum Gasteiger partial charge on any atom is -0.461 e. The summed E-state index contributed by atoms with van der Waals surface area (Å²) in [5.74, 6) is -0.537. The van der Waals surface area contributed by atoms with E-state index >= 15 is 0 Å². The van der Waals surface area contributed by atoms with Gasteiger partial charge in [0, 0.05) is 18.4 Å². The Kier molecular flexibility index (Phi) is 3.67. The molecular formula is C14H11FO3. The number of ketones is 2. The van der Waals surface area contributed by atoms with Crippen molar-refractivity contribution in [1.82, 2.24) is 0 Å². The van der Waals surface area contributed by atoms with Crippen molar-refractivity contribution in [2.24, 2.45) is 0 Å². The van der Waals surface area contributed by atoms with Crippen LogP contribution < -0.4 is 0 Å². The third-order valence-electron chi connectivity index (χ3n) is 2.54. The molecule has 1 heterocycles. The number of rotatable bonds is 5. The van der Waals surface area contributed by atoms with Crippen molar-refractivity contribution in [2.75, 3.05) is 0 Å². The maximum atomic E-state index is 12.7. The highest BCUT2D eigenvalue weighted by Gasteiger charge is 2.12. The highest BCUT2D eigenvalue weighted by Crippen LogP contribution is 2.10. The van der Waals surface area contributed by atoms with Crippen molar-refractivity contribution in [3.05, 3.63) is 59.8 Å². The summed E-state index contributed by atoms with van der Waals surface area (Å²) in [6, 6.07) is 8.45. The molecule has 1 aromatic heterocycles. The van der Waals surface area contributed by atoms with E-state index in [9.17, 15) is 14.0 Å². The molecule has 2 rings (SSSR count). The molecule has 0 bridgehead atoms. The fraction of sp³-hybridized carbons (Fsp3) is 0.143. The van der Waals surface area contributed by atoms with Crippen molar-refractivity contribution in [3.63, 3.8) is 0 Å². The van der Waals surface area contributed by atoms with Crippen LogP contribution in [-0.2, 0) is 0 Å². The van der Waals surface area contributed by atoms with Crippen molar-refractivity contribution in [1.29, 1.82) is 0 Å². The molecule has 0 saturated carbocycles. The van der Waals surface area contributed by atoms with Crippen LogP contribution in [0.4, 0.5) is 4.39 Å². The summed E-state index contributed by atoms with van der Waals surface area (Å²) < 4.78 is 17.6. The van der Waals surface area contributed by atoms with Gasteiger partial charge in [0.1, 0.15) is 5.82 Å². The molecule has 0 aliphatic carbocycles. The Balaban J connectivity index is 1.92. The second kappa shape index (κ2) is 5.40. The number of hydrogen-bond donors (Lipinski definition) is 0. The van der Waals surface area contributed by atoms with Crippen LogP contribution in [0.25, 0.3) is 0 Å². The number of hydrogen-bond acceptors (Lipinski definition) is 3. The van der Waals surface area contributed by atoms with Crippen molar-refractivity contribution in [3.8, 4) is 0 Å². The summed E-state index contributed by atoms with van der Waals surface area (Å²) in [7, 11) is 0. The molecule has 0 unspecified atom stereocenters. The van der Waals surface area contributed by atoms with Gasteiger partial charge < -0.3 is 4.42 Å². The molecule has 0 amide bonds.